The van der Waals surface area contributed by atoms with Crippen LogP contribution < -0.4 is 10.6 Å². The highest BCUT2D eigenvalue weighted by molar-refractivity contribution is 6.30. The Bertz CT molecular complexity index is 518. The molecule has 2 unspecified atom stereocenters. The summed E-state index contributed by atoms with van der Waals surface area (Å²) in [7, 11) is 0. The van der Waals surface area contributed by atoms with Gasteiger partial charge >= 0.3 is 0 Å². The second-order valence-electron chi connectivity index (χ2n) is 5.74. The van der Waals surface area contributed by atoms with Crippen LogP contribution in [0, 0.1) is 11.2 Å². The molecule has 6 heteroatoms. The predicted octanol–water partition coefficient (Wildman–Crippen LogP) is 2.02. The SMILES string of the molecule is CC1(C(=O)NCC(O)c2ccc(Cl)c(F)c2)CCCNC1. The van der Waals surface area contributed by atoms with Crippen molar-refractivity contribution in [1.29, 1.82) is 0 Å². The molecular formula is C15H20ClFN2O2. The summed E-state index contributed by atoms with van der Waals surface area (Å²) in [6.07, 6.45) is 0.813. The smallest absolute Gasteiger partial charge is 0.227 e. The molecule has 21 heavy (non-hydrogen) atoms. The molecule has 2 atom stereocenters. The Morgan fingerprint density at radius 1 is 1.62 bits per heavy atom. The maximum Gasteiger partial charge on any atom is 0.227 e. The number of carbonyl (C=O) groups is 1. The molecule has 1 aromatic rings. The fourth-order valence-electron chi connectivity index (χ4n) is 2.49. The van der Waals surface area contributed by atoms with Crippen molar-refractivity contribution in [2.24, 2.45) is 5.41 Å². The van der Waals surface area contributed by atoms with Gasteiger partial charge in [0.25, 0.3) is 0 Å². The molecule has 1 amide bonds. The number of hydrogen-bond donors (Lipinski definition) is 3. The first-order valence-corrected chi connectivity index (χ1v) is 7.42. The van der Waals surface area contributed by atoms with Crippen LogP contribution in [0.2, 0.25) is 5.02 Å². The number of piperidine rings is 1. The van der Waals surface area contributed by atoms with Crippen molar-refractivity contribution in [2.45, 2.75) is 25.9 Å². The number of hydrogen-bond acceptors (Lipinski definition) is 3. The third-order valence-electron chi connectivity index (χ3n) is 3.93. The molecule has 1 aliphatic rings. The van der Waals surface area contributed by atoms with E-state index in [1.54, 1.807) is 6.07 Å². The Hall–Kier alpha value is -1.17. The van der Waals surface area contributed by atoms with Gasteiger partial charge in [0.2, 0.25) is 5.91 Å². The molecule has 116 valence electrons. The van der Waals surface area contributed by atoms with E-state index in [1.165, 1.54) is 12.1 Å². The molecule has 0 aromatic heterocycles. The highest BCUT2D eigenvalue weighted by atomic mass is 35.5. The van der Waals surface area contributed by atoms with E-state index in [2.05, 4.69) is 10.6 Å². The molecule has 1 aromatic carbocycles. The molecule has 0 bridgehead atoms. The minimum atomic E-state index is -0.958. The lowest BCUT2D eigenvalue weighted by molar-refractivity contribution is -0.131. The predicted molar refractivity (Wildman–Crippen MR) is 79.6 cm³/mol. The highest BCUT2D eigenvalue weighted by Gasteiger charge is 2.34. The van der Waals surface area contributed by atoms with Crippen molar-refractivity contribution in [3.63, 3.8) is 0 Å². The number of aliphatic hydroxyl groups excluding tert-OH is 1. The topological polar surface area (TPSA) is 61.4 Å². The molecule has 4 nitrogen and oxygen atoms in total. The van der Waals surface area contributed by atoms with E-state index in [1.807, 2.05) is 6.92 Å². The van der Waals surface area contributed by atoms with E-state index in [9.17, 15) is 14.3 Å². The third-order valence-corrected chi connectivity index (χ3v) is 4.24. The summed E-state index contributed by atoms with van der Waals surface area (Å²) >= 11 is 5.60. The molecule has 1 saturated heterocycles. The molecule has 2 rings (SSSR count). The average molecular weight is 315 g/mol. The molecular weight excluding hydrogens is 295 g/mol. The van der Waals surface area contributed by atoms with Gasteiger partial charge in [-0.2, -0.15) is 0 Å². The summed E-state index contributed by atoms with van der Waals surface area (Å²) in [5.41, 5.74) is -0.0624. The second-order valence-corrected chi connectivity index (χ2v) is 6.15. The number of carbonyl (C=O) groups excluding carboxylic acids is 1. The van der Waals surface area contributed by atoms with E-state index in [0.29, 0.717) is 12.1 Å². The van der Waals surface area contributed by atoms with Gasteiger partial charge in [0.1, 0.15) is 5.82 Å². The maximum atomic E-state index is 13.4. The first kappa shape index (κ1) is 16.2. The zero-order valence-electron chi connectivity index (χ0n) is 12.0. The standard InChI is InChI=1S/C15H20ClFN2O2/c1-15(5-2-6-18-9-15)14(21)19-8-13(20)10-3-4-11(16)12(17)7-10/h3-4,7,13,18,20H,2,5-6,8-9H2,1H3,(H,19,21). The van der Waals surface area contributed by atoms with Crippen LogP contribution in [0.4, 0.5) is 4.39 Å². The number of halogens is 2. The van der Waals surface area contributed by atoms with Gasteiger partial charge in [-0.1, -0.05) is 17.7 Å². The molecule has 0 spiro atoms. The highest BCUT2D eigenvalue weighted by Crippen LogP contribution is 2.26. The molecule has 3 N–H and O–H groups in total. The lowest BCUT2D eigenvalue weighted by Crippen LogP contribution is -2.49. The summed E-state index contributed by atoms with van der Waals surface area (Å²) in [5, 5.41) is 16.0. The van der Waals surface area contributed by atoms with E-state index < -0.39 is 17.3 Å². The Labute approximate surface area is 128 Å². The minimum absolute atomic E-state index is 0.00998. The Balaban J connectivity index is 1.92. The molecule has 1 aliphatic heterocycles. The average Bonchev–Trinajstić information content (AvgIpc) is 2.48. The maximum absolute atomic E-state index is 13.4. The van der Waals surface area contributed by atoms with Crippen LogP contribution in [-0.4, -0.2) is 30.6 Å². The fourth-order valence-corrected chi connectivity index (χ4v) is 2.61. The molecule has 0 radical (unpaired) electrons. The molecule has 0 saturated carbocycles. The number of aliphatic hydroxyl groups is 1. The first-order chi connectivity index (χ1) is 9.92. The van der Waals surface area contributed by atoms with Gasteiger partial charge in [0.15, 0.2) is 0 Å². The van der Waals surface area contributed by atoms with Gasteiger partial charge in [-0.25, -0.2) is 4.39 Å². The monoisotopic (exact) mass is 314 g/mol. The minimum Gasteiger partial charge on any atom is -0.387 e. The van der Waals surface area contributed by atoms with E-state index in [4.69, 9.17) is 11.6 Å². The lowest BCUT2D eigenvalue weighted by atomic mass is 9.82. The van der Waals surface area contributed by atoms with Crippen LogP contribution in [0.1, 0.15) is 31.4 Å². The molecule has 0 aliphatic carbocycles. The summed E-state index contributed by atoms with van der Waals surface area (Å²) in [5.74, 6) is -0.675. The largest absolute Gasteiger partial charge is 0.387 e. The van der Waals surface area contributed by atoms with Gasteiger partial charge < -0.3 is 15.7 Å². The lowest BCUT2D eigenvalue weighted by Gasteiger charge is -2.32. The van der Waals surface area contributed by atoms with Crippen LogP contribution in [0.25, 0.3) is 0 Å². The van der Waals surface area contributed by atoms with Crippen molar-refractivity contribution < 1.29 is 14.3 Å². The summed E-state index contributed by atoms with van der Waals surface area (Å²) < 4.78 is 13.4. The summed E-state index contributed by atoms with van der Waals surface area (Å²) in [4.78, 5) is 12.2. The first-order valence-electron chi connectivity index (χ1n) is 7.04. The van der Waals surface area contributed by atoms with Gasteiger partial charge in [-0.15, -0.1) is 0 Å². The number of rotatable bonds is 4. The normalized spacial score (nSPS) is 23.6. The summed E-state index contributed by atoms with van der Waals surface area (Å²) in [6, 6.07) is 4.12. The zero-order valence-corrected chi connectivity index (χ0v) is 12.7. The van der Waals surface area contributed by atoms with Crippen LogP contribution in [0.15, 0.2) is 18.2 Å². The van der Waals surface area contributed by atoms with Crippen molar-refractivity contribution in [3.05, 3.63) is 34.6 Å². The Morgan fingerprint density at radius 3 is 3.00 bits per heavy atom. The van der Waals surface area contributed by atoms with Crippen molar-refractivity contribution in [3.8, 4) is 0 Å². The van der Waals surface area contributed by atoms with E-state index in [-0.39, 0.29) is 17.5 Å². The van der Waals surface area contributed by atoms with E-state index >= 15 is 0 Å². The van der Waals surface area contributed by atoms with Crippen molar-refractivity contribution in [2.75, 3.05) is 19.6 Å². The zero-order chi connectivity index (χ0) is 15.5. The third kappa shape index (κ3) is 3.93. The van der Waals surface area contributed by atoms with Crippen molar-refractivity contribution >= 4 is 17.5 Å². The Kier molecular flexibility index (Phi) is 5.19. The van der Waals surface area contributed by atoms with Crippen LogP contribution >= 0.6 is 11.6 Å². The van der Waals surface area contributed by atoms with Crippen LogP contribution in [-0.2, 0) is 4.79 Å². The van der Waals surface area contributed by atoms with Gasteiger partial charge in [0.05, 0.1) is 16.5 Å². The number of amides is 1. The molecule has 1 fully saturated rings. The van der Waals surface area contributed by atoms with Crippen LogP contribution in [0.3, 0.4) is 0 Å². The Morgan fingerprint density at radius 2 is 2.38 bits per heavy atom. The quantitative estimate of drug-likeness (QED) is 0.797. The molecule has 1 heterocycles. The van der Waals surface area contributed by atoms with Gasteiger partial charge in [0, 0.05) is 13.1 Å². The van der Waals surface area contributed by atoms with Crippen LogP contribution in [0.5, 0.6) is 0 Å². The summed E-state index contributed by atoms with van der Waals surface area (Å²) in [6.45, 7) is 3.51. The second kappa shape index (κ2) is 6.73. The van der Waals surface area contributed by atoms with Crippen molar-refractivity contribution in [1.82, 2.24) is 10.6 Å². The number of benzene rings is 1. The fraction of sp³-hybridized carbons (Fsp3) is 0.533. The van der Waals surface area contributed by atoms with E-state index in [0.717, 1.165) is 19.4 Å². The van der Waals surface area contributed by atoms with Gasteiger partial charge in [-0.05, 0) is 44.0 Å². The number of nitrogens with one attached hydrogen (secondary N) is 2. The van der Waals surface area contributed by atoms with Gasteiger partial charge in [-0.3, -0.25) is 4.79 Å².